The Morgan fingerprint density at radius 2 is 1.62 bits per heavy atom. The van der Waals surface area contributed by atoms with Crippen molar-refractivity contribution in [3.8, 4) is 28.5 Å². The summed E-state index contributed by atoms with van der Waals surface area (Å²) in [6.07, 6.45) is 6.35. The fourth-order valence-corrected chi connectivity index (χ4v) is 7.33. The number of hydrogen-bond acceptors (Lipinski definition) is 11. The van der Waals surface area contributed by atoms with Crippen molar-refractivity contribution in [2.75, 3.05) is 42.5 Å². The predicted molar refractivity (Wildman–Crippen MR) is 221 cm³/mol. The van der Waals surface area contributed by atoms with E-state index in [1.165, 1.54) is 4.90 Å². The predicted octanol–water partition coefficient (Wildman–Crippen LogP) is 9.43. The number of anilines is 4. The Kier molecular flexibility index (Phi) is 10.4. The van der Waals surface area contributed by atoms with E-state index in [1.807, 2.05) is 81.1 Å². The first-order chi connectivity index (χ1) is 27.9. The number of aromatic nitrogens is 5. The van der Waals surface area contributed by atoms with Gasteiger partial charge >= 0.3 is 6.09 Å². The van der Waals surface area contributed by atoms with Crippen molar-refractivity contribution < 1.29 is 28.1 Å². The highest BCUT2D eigenvalue weighted by Gasteiger charge is 2.33. The third-order valence-corrected chi connectivity index (χ3v) is 10.4. The van der Waals surface area contributed by atoms with Crippen LogP contribution in [0.4, 0.5) is 32.2 Å². The van der Waals surface area contributed by atoms with Crippen molar-refractivity contribution in [2.45, 2.75) is 65.3 Å². The van der Waals surface area contributed by atoms with Crippen molar-refractivity contribution in [3.05, 3.63) is 101 Å². The average molecular weight is 807 g/mol. The van der Waals surface area contributed by atoms with Gasteiger partial charge in [0.15, 0.2) is 11.0 Å². The molecular formula is C43H44ClFN8O5. The molecule has 1 fully saturated rings. The normalized spacial score (nSPS) is 13.8. The van der Waals surface area contributed by atoms with Gasteiger partial charge in [0.05, 0.1) is 49.9 Å². The number of methoxy groups -OCH3 is 2. The fraction of sp³-hybridized carbons (Fsp3) is 0.326. The Balaban J connectivity index is 1.30. The Morgan fingerprint density at radius 1 is 0.966 bits per heavy atom. The van der Waals surface area contributed by atoms with Gasteiger partial charge in [-0.1, -0.05) is 35.9 Å². The van der Waals surface area contributed by atoms with Crippen molar-refractivity contribution in [3.63, 3.8) is 0 Å². The SMILES string of the molecule is COc1ccc(CN(Cc2ccc(OC)cc2)c2c(F)c(-c3cnc4c(c3C)N(C(=O)OC(C)(C)C)CCO4)cc3nc(Nc4cnn(C5CC5)c4Cl)ncc23)cc1. The zero-order chi connectivity index (χ0) is 40.7. The highest BCUT2D eigenvalue weighted by Crippen LogP contribution is 2.44. The minimum atomic E-state index is -0.739. The van der Waals surface area contributed by atoms with Crippen LogP contribution in [0.3, 0.4) is 0 Å². The molecule has 1 amide bonds. The van der Waals surface area contributed by atoms with E-state index in [0.29, 0.717) is 63.1 Å². The third kappa shape index (κ3) is 7.88. The molecule has 1 aliphatic carbocycles. The first kappa shape index (κ1) is 38.7. The molecule has 0 radical (unpaired) electrons. The van der Waals surface area contributed by atoms with Crippen LogP contribution in [0.25, 0.3) is 22.0 Å². The van der Waals surface area contributed by atoms with E-state index in [4.69, 9.17) is 35.5 Å². The van der Waals surface area contributed by atoms with Crippen molar-refractivity contribution in [2.24, 2.45) is 0 Å². The minimum absolute atomic E-state index is 0.226. The zero-order valence-corrected chi connectivity index (χ0v) is 33.9. The van der Waals surface area contributed by atoms with Gasteiger partial charge in [-0.05, 0) is 87.6 Å². The maximum absolute atomic E-state index is 17.9. The number of amides is 1. The Hall–Kier alpha value is -6.15. The second kappa shape index (κ2) is 15.7. The number of carbonyl (C=O) groups is 1. The summed E-state index contributed by atoms with van der Waals surface area (Å²) in [6, 6.07) is 17.3. The molecule has 2 aliphatic rings. The van der Waals surface area contributed by atoms with Gasteiger partial charge in [-0.25, -0.2) is 28.8 Å². The molecule has 8 rings (SSSR count). The molecule has 0 bridgehead atoms. The van der Waals surface area contributed by atoms with E-state index in [2.05, 4.69) is 20.4 Å². The minimum Gasteiger partial charge on any atom is -0.497 e. The summed E-state index contributed by atoms with van der Waals surface area (Å²) in [4.78, 5) is 31.2. The summed E-state index contributed by atoms with van der Waals surface area (Å²) in [7, 11) is 3.23. The second-order valence-electron chi connectivity index (χ2n) is 15.3. The van der Waals surface area contributed by atoms with E-state index in [9.17, 15) is 4.79 Å². The summed E-state index contributed by atoms with van der Waals surface area (Å²) >= 11 is 6.71. The van der Waals surface area contributed by atoms with E-state index in [1.54, 1.807) is 43.6 Å². The molecule has 15 heteroatoms. The highest BCUT2D eigenvalue weighted by molar-refractivity contribution is 6.32. The van der Waals surface area contributed by atoms with Crippen LogP contribution in [-0.4, -0.2) is 63.8 Å². The Bertz CT molecular complexity index is 2440. The number of rotatable bonds is 11. The highest BCUT2D eigenvalue weighted by atomic mass is 35.5. The van der Waals surface area contributed by atoms with E-state index in [-0.39, 0.29) is 42.3 Å². The third-order valence-electron chi connectivity index (χ3n) is 10.1. The number of ether oxygens (including phenoxy) is 4. The molecule has 4 heterocycles. The first-order valence-electron chi connectivity index (χ1n) is 19.0. The number of hydrogen-bond donors (Lipinski definition) is 1. The number of carbonyl (C=O) groups excluding carboxylic acids is 1. The van der Waals surface area contributed by atoms with Gasteiger partial charge in [-0.3, -0.25) is 4.90 Å². The number of benzene rings is 3. The summed E-state index contributed by atoms with van der Waals surface area (Å²) in [5.41, 5.74) is 4.09. The molecular weight excluding hydrogens is 763 g/mol. The summed E-state index contributed by atoms with van der Waals surface area (Å²) in [5.74, 6) is 1.42. The quantitative estimate of drug-likeness (QED) is 0.134. The molecule has 300 valence electrons. The van der Waals surface area contributed by atoms with Crippen molar-refractivity contribution in [1.82, 2.24) is 24.7 Å². The first-order valence-corrected chi connectivity index (χ1v) is 19.4. The smallest absolute Gasteiger partial charge is 0.415 e. The monoisotopic (exact) mass is 806 g/mol. The van der Waals surface area contributed by atoms with E-state index < -0.39 is 17.5 Å². The van der Waals surface area contributed by atoms with Gasteiger partial charge in [-0.15, -0.1) is 0 Å². The Labute approximate surface area is 340 Å². The van der Waals surface area contributed by atoms with Crippen LogP contribution in [0, 0.1) is 12.7 Å². The second-order valence-corrected chi connectivity index (χ2v) is 15.7. The standard InChI is InChI=1S/C43H44ClFN8O5/c1-25-32(20-46-40-37(25)52(17-18-57-40)42(54)58-43(2,3)4)31-19-34-33(21-47-41(49-34)50-35-22-48-53(39(35)44)28-11-12-28)38(36(31)45)51(23-26-7-13-29(55-5)14-8-26)24-27-9-15-30(56-6)16-10-27/h7-10,13-16,19-22,28H,11-12,17-18,23-24H2,1-6H3,(H,47,49,50). The number of nitrogens with one attached hydrogen (secondary N) is 1. The molecule has 1 saturated carbocycles. The maximum Gasteiger partial charge on any atom is 0.415 e. The fourth-order valence-electron chi connectivity index (χ4n) is 7.05. The number of fused-ring (bicyclic) bond motifs is 2. The lowest BCUT2D eigenvalue weighted by Crippen LogP contribution is -2.42. The number of halogens is 2. The van der Waals surface area contributed by atoms with Crippen LogP contribution in [-0.2, 0) is 17.8 Å². The zero-order valence-electron chi connectivity index (χ0n) is 33.2. The molecule has 58 heavy (non-hydrogen) atoms. The Morgan fingerprint density at radius 3 is 2.22 bits per heavy atom. The van der Waals surface area contributed by atoms with Gasteiger partial charge in [0.25, 0.3) is 0 Å². The van der Waals surface area contributed by atoms with Crippen LogP contribution in [0.1, 0.15) is 56.3 Å². The molecule has 3 aromatic carbocycles. The van der Waals surface area contributed by atoms with Crippen LogP contribution in [0.5, 0.6) is 17.4 Å². The topological polar surface area (TPSA) is 129 Å². The van der Waals surface area contributed by atoms with E-state index >= 15 is 4.39 Å². The number of pyridine rings is 1. The molecule has 1 N–H and O–H groups in total. The average Bonchev–Trinajstić information content (AvgIpc) is 3.99. The summed E-state index contributed by atoms with van der Waals surface area (Å²) in [5, 5.41) is 8.63. The lowest BCUT2D eigenvalue weighted by atomic mass is 9.97. The summed E-state index contributed by atoms with van der Waals surface area (Å²) < 4.78 is 42.2. The lowest BCUT2D eigenvalue weighted by molar-refractivity contribution is 0.0566. The molecule has 13 nitrogen and oxygen atoms in total. The molecule has 3 aromatic heterocycles. The van der Waals surface area contributed by atoms with E-state index in [0.717, 1.165) is 24.0 Å². The van der Waals surface area contributed by atoms with Gasteiger partial charge in [0.2, 0.25) is 11.8 Å². The maximum atomic E-state index is 17.9. The summed E-state index contributed by atoms with van der Waals surface area (Å²) in [6.45, 7) is 8.36. The van der Waals surface area contributed by atoms with Gasteiger partial charge in [-0.2, -0.15) is 5.10 Å². The van der Waals surface area contributed by atoms with Gasteiger partial charge < -0.3 is 29.2 Å². The van der Waals surface area contributed by atoms with Crippen LogP contribution in [0.2, 0.25) is 5.15 Å². The number of nitrogens with zero attached hydrogens (tertiary/aromatic N) is 7. The molecule has 6 aromatic rings. The van der Waals surface area contributed by atoms with Crippen LogP contribution >= 0.6 is 11.6 Å². The van der Waals surface area contributed by atoms with Crippen LogP contribution < -0.4 is 29.3 Å². The largest absolute Gasteiger partial charge is 0.497 e. The molecule has 1 aliphatic heterocycles. The molecule has 0 unspecified atom stereocenters. The lowest BCUT2D eigenvalue weighted by Gasteiger charge is -2.33. The van der Waals surface area contributed by atoms with Crippen molar-refractivity contribution >= 4 is 51.6 Å². The van der Waals surface area contributed by atoms with Gasteiger partial charge in [0, 0.05) is 42.0 Å². The molecule has 0 saturated heterocycles. The molecule has 0 atom stereocenters. The van der Waals surface area contributed by atoms with Crippen LogP contribution in [0.15, 0.2) is 73.2 Å². The van der Waals surface area contributed by atoms with Gasteiger partial charge in [0.1, 0.15) is 29.4 Å². The van der Waals surface area contributed by atoms with Crippen molar-refractivity contribution in [1.29, 1.82) is 0 Å². The molecule has 0 spiro atoms.